The van der Waals surface area contributed by atoms with Crippen LogP contribution in [0, 0.1) is 0 Å². The quantitative estimate of drug-likeness (QED) is 0.452. The third-order valence-electron chi connectivity index (χ3n) is 1.97. The Morgan fingerprint density at radius 2 is 2.38 bits per heavy atom. The van der Waals surface area contributed by atoms with Gasteiger partial charge in [0.15, 0.2) is 5.78 Å². The molecule has 0 aromatic carbocycles. The van der Waals surface area contributed by atoms with Crippen LogP contribution in [-0.4, -0.2) is 24.5 Å². The van der Waals surface area contributed by atoms with Crippen LogP contribution in [0.25, 0.3) is 0 Å². The minimum atomic E-state index is -2.93. The highest BCUT2D eigenvalue weighted by atomic mass is 19.2. The zero-order chi connectivity index (χ0) is 12.1. The summed E-state index contributed by atoms with van der Waals surface area (Å²) in [6.45, 7) is 1.28. The van der Waals surface area contributed by atoms with Crippen molar-refractivity contribution < 1.29 is 23.2 Å². The van der Waals surface area contributed by atoms with Crippen LogP contribution in [0.4, 0.5) is 8.63 Å². The molecule has 1 unspecified atom stereocenters. The van der Waals surface area contributed by atoms with Gasteiger partial charge in [-0.1, -0.05) is 18.2 Å². The standard InChI is InChI=1S/C10H11BF2O3/c1-7(16-11(12)13)6-10(15)8-2-4-9(14)5-3-8/h2-4,6,9,14H,5H2,1H3. The van der Waals surface area contributed by atoms with E-state index >= 15 is 0 Å². The number of aliphatic hydroxyl groups is 1. The number of hydrogen-bond donors (Lipinski definition) is 1. The van der Waals surface area contributed by atoms with Gasteiger partial charge in [-0.3, -0.25) is 4.79 Å². The van der Waals surface area contributed by atoms with Gasteiger partial charge < -0.3 is 9.76 Å². The Morgan fingerprint density at radius 1 is 1.69 bits per heavy atom. The number of allylic oxidation sites excluding steroid dienone is 4. The first kappa shape index (κ1) is 12.6. The maximum Gasteiger partial charge on any atom is 0.796 e. The van der Waals surface area contributed by atoms with E-state index in [1.165, 1.54) is 19.1 Å². The minimum absolute atomic E-state index is 0.138. The van der Waals surface area contributed by atoms with Gasteiger partial charge in [-0.15, -0.1) is 0 Å². The third kappa shape index (κ3) is 3.98. The van der Waals surface area contributed by atoms with Crippen LogP contribution < -0.4 is 0 Å². The van der Waals surface area contributed by atoms with E-state index in [0.717, 1.165) is 6.08 Å². The Morgan fingerprint density at radius 3 is 2.88 bits per heavy atom. The van der Waals surface area contributed by atoms with Crippen LogP contribution in [0.2, 0.25) is 0 Å². The largest absolute Gasteiger partial charge is 0.796 e. The highest BCUT2D eigenvalue weighted by Gasteiger charge is 2.18. The van der Waals surface area contributed by atoms with E-state index in [1.54, 1.807) is 6.08 Å². The molecule has 3 nitrogen and oxygen atoms in total. The molecule has 6 heteroatoms. The summed E-state index contributed by atoms with van der Waals surface area (Å²) in [7, 11) is -2.93. The smallest absolute Gasteiger partial charge is 0.509 e. The van der Waals surface area contributed by atoms with E-state index in [0.29, 0.717) is 12.0 Å². The Kier molecular flexibility index (Phi) is 4.43. The first-order chi connectivity index (χ1) is 7.49. The number of rotatable bonds is 4. The predicted molar refractivity (Wildman–Crippen MR) is 55.7 cm³/mol. The molecule has 0 fully saturated rings. The molecule has 0 aromatic rings. The molecular formula is C10H11BF2O3. The summed E-state index contributed by atoms with van der Waals surface area (Å²) in [5, 5.41) is 9.13. The zero-order valence-corrected chi connectivity index (χ0v) is 8.69. The summed E-state index contributed by atoms with van der Waals surface area (Å²) in [4.78, 5) is 11.5. The van der Waals surface area contributed by atoms with Crippen molar-refractivity contribution in [2.24, 2.45) is 0 Å². The molecule has 0 saturated carbocycles. The van der Waals surface area contributed by atoms with Gasteiger partial charge in [0.05, 0.1) is 11.9 Å². The molecule has 0 radical (unpaired) electrons. The molecule has 0 bridgehead atoms. The SMILES string of the molecule is CC(=CC(=O)C1=CCC(O)C=C1)OB(F)F. The van der Waals surface area contributed by atoms with Crippen LogP contribution in [0.3, 0.4) is 0 Å². The molecule has 0 amide bonds. The van der Waals surface area contributed by atoms with Crippen molar-refractivity contribution in [2.75, 3.05) is 0 Å². The summed E-state index contributed by atoms with van der Waals surface area (Å²) >= 11 is 0. The Labute approximate surface area is 92.3 Å². The fourth-order valence-corrected chi connectivity index (χ4v) is 1.23. The van der Waals surface area contributed by atoms with Crippen molar-refractivity contribution in [3.05, 3.63) is 35.6 Å². The van der Waals surface area contributed by atoms with E-state index < -0.39 is 19.4 Å². The van der Waals surface area contributed by atoms with Crippen LogP contribution in [0.1, 0.15) is 13.3 Å². The predicted octanol–water partition coefficient (Wildman–Crippen LogP) is 1.65. The lowest BCUT2D eigenvalue weighted by molar-refractivity contribution is -0.111. The highest BCUT2D eigenvalue weighted by Crippen LogP contribution is 2.13. The van der Waals surface area contributed by atoms with Crippen LogP contribution in [0.5, 0.6) is 0 Å². The van der Waals surface area contributed by atoms with Gasteiger partial charge in [0.1, 0.15) is 0 Å². The second kappa shape index (κ2) is 5.60. The lowest BCUT2D eigenvalue weighted by Crippen LogP contribution is -2.09. The molecule has 0 spiro atoms. The van der Waals surface area contributed by atoms with Crippen LogP contribution in [0.15, 0.2) is 35.6 Å². The van der Waals surface area contributed by atoms with Gasteiger partial charge in [0.25, 0.3) is 0 Å². The monoisotopic (exact) mass is 228 g/mol. The van der Waals surface area contributed by atoms with Crippen molar-refractivity contribution >= 4 is 13.3 Å². The molecule has 1 aliphatic rings. The van der Waals surface area contributed by atoms with Crippen LogP contribution >= 0.6 is 0 Å². The first-order valence-corrected chi connectivity index (χ1v) is 4.73. The molecule has 86 valence electrons. The minimum Gasteiger partial charge on any atom is -0.509 e. The Hall–Kier alpha value is -1.43. The summed E-state index contributed by atoms with van der Waals surface area (Å²) in [6, 6.07) is 0. The van der Waals surface area contributed by atoms with Crippen molar-refractivity contribution in [1.29, 1.82) is 0 Å². The van der Waals surface area contributed by atoms with Crippen molar-refractivity contribution in [3.63, 3.8) is 0 Å². The molecule has 1 atom stereocenters. The number of aliphatic hydroxyl groups excluding tert-OH is 1. The molecular weight excluding hydrogens is 217 g/mol. The Bertz CT molecular complexity index is 361. The first-order valence-electron chi connectivity index (χ1n) is 4.73. The van der Waals surface area contributed by atoms with Crippen molar-refractivity contribution in [1.82, 2.24) is 0 Å². The van der Waals surface area contributed by atoms with E-state index in [1.807, 2.05) is 0 Å². The second-order valence-electron chi connectivity index (χ2n) is 3.32. The van der Waals surface area contributed by atoms with Crippen molar-refractivity contribution in [3.8, 4) is 0 Å². The Balaban J connectivity index is 2.62. The molecule has 0 saturated heterocycles. The summed E-state index contributed by atoms with van der Waals surface area (Å²) in [6.07, 6.45) is 5.26. The van der Waals surface area contributed by atoms with Gasteiger partial charge in [-0.2, -0.15) is 0 Å². The zero-order valence-electron chi connectivity index (χ0n) is 8.69. The van der Waals surface area contributed by atoms with E-state index in [9.17, 15) is 13.4 Å². The van der Waals surface area contributed by atoms with Gasteiger partial charge in [-0.05, 0) is 13.3 Å². The molecule has 16 heavy (non-hydrogen) atoms. The molecule has 1 N–H and O–H groups in total. The molecule has 1 rings (SSSR count). The lowest BCUT2D eigenvalue weighted by Gasteiger charge is -2.09. The summed E-state index contributed by atoms with van der Waals surface area (Å²) < 4.78 is 27.6. The maximum atomic E-state index is 11.8. The summed E-state index contributed by atoms with van der Waals surface area (Å²) in [5.41, 5.74) is 0.363. The van der Waals surface area contributed by atoms with Crippen LogP contribution in [-0.2, 0) is 9.45 Å². The number of carbonyl (C=O) groups is 1. The lowest BCUT2D eigenvalue weighted by atomic mass is 10.0. The molecule has 0 heterocycles. The van der Waals surface area contributed by atoms with Crippen molar-refractivity contribution in [2.45, 2.75) is 19.4 Å². The second-order valence-corrected chi connectivity index (χ2v) is 3.32. The topological polar surface area (TPSA) is 46.5 Å². The molecule has 1 aliphatic carbocycles. The van der Waals surface area contributed by atoms with Gasteiger partial charge in [-0.25, -0.2) is 8.63 Å². The average molecular weight is 228 g/mol. The average Bonchev–Trinajstić information content (AvgIpc) is 2.16. The van der Waals surface area contributed by atoms with Gasteiger partial charge >= 0.3 is 7.47 Å². The van der Waals surface area contributed by atoms with E-state index in [2.05, 4.69) is 4.65 Å². The molecule has 0 aliphatic heterocycles. The van der Waals surface area contributed by atoms with E-state index in [4.69, 9.17) is 5.11 Å². The fraction of sp³-hybridized carbons (Fsp3) is 0.300. The highest BCUT2D eigenvalue weighted by molar-refractivity contribution is 6.34. The number of carbonyl (C=O) groups excluding carboxylic acids is 1. The van der Waals surface area contributed by atoms with E-state index in [-0.39, 0.29) is 5.76 Å². The third-order valence-corrected chi connectivity index (χ3v) is 1.97. The number of halogens is 2. The fourth-order valence-electron chi connectivity index (χ4n) is 1.23. The summed E-state index contributed by atoms with van der Waals surface area (Å²) in [5.74, 6) is -0.554. The maximum absolute atomic E-state index is 11.8. The van der Waals surface area contributed by atoms with Gasteiger partial charge in [0.2, 0.25) is 0 Å². The van der Waals surface area contributed by atoms with Gasteiger partial charge in [0, 0.05) is 11.6 Å². The number of ketones is 1. The normalized spacial score (nSPS) is 20.4. The molecule has 0 aromatic heterocycles. The number of hydrogen-bond acceptors (Lipinski definition) is 3.